The van der Waals surface area contributed by atoms with Crippen molar-refractivity contribution in [2.75, 3.05) is 0 Å². The van der Waals surface area contributed by atoms with Gasteiger partial charge in [-0.1, -0.05) is 46.9 Å². The molecule has 1 atom stereocenters. The molecule has 21 heavy (non-hydrogen) atoms. The lowest BCUT2D eigenvalue weighted by atomic mass is 9.93. The average Bonchev–Trinajstić information content (AvgIpc) is 2.48. The average molecular weight is 339 g/mol. The van der Waals surface area contributed by atoms with E-state index in [0.29, 0.717) is 26.2 Å². The number of Topliss-reactive ketones (excluding diaryl/α,β-unsaturated/α-hetero) is 1. The lowest BCUT2D eigenvalue weighted by molar-refractivity contribution is 0.0979. The van der Waals surface area contributed by atoms with Gasteiger partial charge >= 0.3 is 0 Å². The number of ketones is 1. The number of halogens is 3. The fourth-order valence-electron chi connectivity index (χ4n) is 1.95. The maximum Gasteiger partial charge on any atom is 0.164 e. The number of hydrogen-bond acceptors (Lipinski definition) is 2. The third-order valence-corrected chi connectivity index (χ3v) is 4.15. The van der Waals surface area contributed by atoms with Gasteiger partial charge in [-0.25, -0.2) is 0 Å². The van der Waals surface area contributed by atoms with E-state index in [0.717, 1.165) is 0 Å². The van der Waals surface area contributed by atoms with Gasteiger partial charge in [-0.15, -0.1) is 0 Å². The number of carbonyl (C=O) groups excluding carboxylic acids is 1. The largest absolute Gasteiger partial charge is 0.294 e. The van der Waals surface area contributed by atoms with Gasteiger partial charge in [-0.05, 0) is 35.9 Å². The van der Waals surface area contributed by atoms with Gasteiger partial charge in [-0.3, -0.25) is 4.79 Å². The third-order valence-electron chi connectivity index (χ3n) is 3.07. The first kappa shape index (κ1) is 15.9. The number of hydrogen-bond donors (Lipinski definition) is 0. The van der Waals surface area contributed by atoms with Crippen LogP contribution in [0.1, 0.15) is 28.3 Å². The fraction of sp³-hybridized carbons (Fsp3) is 0.125. The molecule has 0 amide bonds. The quantitative estimate of drug-likeness (QED) is 0.688. The number of carbonyl (C=O) groups is 1. The number of benzene rings is 2. The highest BCUT2D eigenvalue weighted by Gasteiger charge is 2.20. The molecule has 0 aliphatic rings. The zero-order valence-corrected chi connectivity index (χ0v) is 13.1. The van der Waals surface area contributed by atoms with Gasteiger partial charge in [0.25, 0.3) is 0 Å². The van der Waals surface area contributed by atoms with Gasteiger partial charge in [0, 0.05) is 17.0 Å². The number of nitriles is 1. The van der Waals surface area contributed by atoms with Crippen molar-refractivity contribution in [1.29, 1.82) is 5.26 Å². The first-order chi connectivity index (χ1) is 10.0. The van der Waals surface area contributed by atoms with E-state index in [1.807, 2.05) is 0 Å². The Kier molecular flexibility index (Phi) is 5.25. The van der Waals surface area contributed by atoms with Crippen LogP contribution in [0, 0.1) is 11.3 Å². The second-order valence-corrected chi connectivity index (χ2v) is 5.68. The predicted molar refractivity (Wildman–Crippen MR) is 85.2 cm³/mol. The minimum absolute atomic E-state index is 0.0399. The molecule has 0 spiro atoms. The van der Waals surface area contributed by atoms with E-state index in [4.69, 9.17) is 34.8 Å². The van der Waals surface area contributed by atoms with Gasteiger partial charge in [0.2, 0.25) is 0 Å². The lowest BCUT2D eigenvalue weighted by Gasteiger charge is -2.11. The van der Waals surface area contributed by atoms with Crippen LogP contribution in [-0.2, 0) is 0 Å². The molecule has 0 bridgehead atoms. The van der Waals surface area contributed by atoms with Crippen molar-refractivity contribution in [3.8, 4) is 6.07 Å². The first-order valence-electron chi connectivity index (χ1n) is 6.15. The highest BCUT2D eigenvalue weighted by molar-refractivity contribution is 6.42. The first-order valence-corrected chi connectivity index (χ1v) is 7.28. The monoisotopic (exact) mass is 337 g/mol. The molecule has 0 aromatic heterocycles. The van der Waals surface area contributed by atoms with Crippen molar-refractivity contribution in [2.24, 2.45) is 0 Å². The summed E-state index contributed by atoms with van der Waals surface area (Å²) in [6, 6.07) is 13.7. The van der Waals surface area contributed by atoms with Crippen LogP contribution in [-0.4, -0.2) is 5.78 Å². The van der Waals surface area contributed by atoms with Gasteiger partial charge in [0.15, 0.2) is 5.78 Å². The Labute approximate surface area is 137 Å². The lowest BCUT2D eigenvalue weighted by Crippen LogP contribution is -2.07. The maximum absolute atomic E-state index is 12.2. The summed E-state index contributed by atoms with van der Waals surface area (Å²) in [6.07, 6.45) is 0.0399. The summed E-state index contributed by atoms with van der Waals surface area (Å²) in [4.78, 5) is 12.2. The van der Waals surface area contributed by atoms with E-state index >= 15 is 0 Å². The van der Waals surface area contributed by atoms with Gasteiger partial charge in [0.05, 0.1) is 22.0 Å². The summed E-state index contributed by atoms with van der Waals surface area (Å²) in [5.74, 6) is -0.784. The van der Waals surface area contributed by atoms with E-state index in [2.05, 4.69) is 6.07 Å². The molecule has 5 heteroatoms. The van der Waals surface area contributed by atoms with Crippen LogP contribution < -0.4 is 0 Å². The Morgan fingerprint density at radius 1 is 1.10 bits per heavy atom. The smallest absolute Gasteiger partial charge is 0.164 e. The minimum atomic E-state index is -0.639. The molecule has 2 nitrogen and oxygen atoms in total. The van der Waals surface area contributed by atoms with Crippen LogP contribution in [0.4, 0.5) is 0 Å². The molecular weight excluding hydrogens is 329 g/mol. The van der Waals surface area contributed by atoms with Crippen LogP contribution >= 0.6 is 34.8 Å². The van der Waals surface area contributed by atoms with E-state index in [9.17, 15) is 10.1 Å². The van der Waals surface area contributed by atoms with E-state index in [1.165, 1.54) is 0 Å². The van der Waals surface area contributed by atoms with Crippen molar-refractivity contribution < 1.29 is 4.79 Å². The molecule has 2 rings (SSSR count). The van der Waals surface area contributed by atoms with E-state index < -0.39 is 5.92 Å². The molecule has 2 aromatic rings. The second-order valence-electron chi connectivity index (χ2n) is 4.46. The van der Waals surface area contributed by atoms with E-state index in [1.54, 1.807) is 42.5 Å². The van der Waals surface area contributed by atoms with Crippen LogP contribution in [0.25, 0.3) is 0 Å². The van der Waals surface area contributed by atoms with Crippen molar-refractivity contribution in [1.82, 2.24) is 0 Å². The Morgan fingerprint density at radius 2 is 1.76 bits per heavy atom. The van der Waals surface area contributed by atoms with Crippen LogP contribution in [0.5, 0.6) is 0 Å². The predicted octanol–water partition coefficient (Wildman–Crippen LogP) is 5.53. The molecule has 0 heterocycles. The SMILES string of the molecule is N#C[C@H](CC(=O)c1ccc(Cl)cc1)c1cccc(Cl)c1Cl. The van der Waals surface area contributed by atoms with Crippen LogP contribution in [0.15, 0.2) is 42.5 Å². The van der Waals surface area contributed by atoms with Gasteiger partial charge in [-0.2, -0.15) is 5.26 Å². The molecular formula is C16H10Cl3NO. The maximum atomic E-state index is 12.2. The summed E-state index contributed by atoms with van der Waals surface area (Å²) in [5.41, 5.74) is 1.08. The number of rotatable bonds is 4. The van der Waals surface area contributed by atoms with E-state index in [-0.39, 0.29) is 12.2 Å². The molecule has 106 valence electrons. The van der Waals surface area contributed by atoms with Gasteiger partial charge in [0.1, 0.15) is 0 Å². The second kappa shape index (κ2) is 6.95. The minimum Gasteiger partial charge on any atom is -0.294 e. The Morgan fingerprint density at radius 3 is 2.38 bits per heavy atom. The zero-order valence-electron chi connectivity index (χ0n) is 10.8. The summed E-state index contributed by atoms with van der Waals surface area (Å²) >= 11 is 17.8. The van der Waals surface area contributed by atoms with Crippen molar-refractivity contribution in [3.63, 3.8) is 0 Å². The molecule has 2 aromatic carbocycles. The zero-order chi connectivity index (χ0) is 15.4. The molecule has 0 aliphatic carbocycles. The summed E-state index contributed by atoms with van der Waals surface area (Å²) in [5, 5.41) is 10.5. The molecule has 0 N–H and O–H groups in total. The van der Waals surface area contributed by atoms with Crippen molar-refractivity contribution in [3.05, 3.63) is 68.7 Å². The Hall–Kier alpha value is -1.53. The number of nitrogens with zero attached hydrogens (tertiary/aromatic N) is 1. The third kappa shape index (κ3) is 3.77. The topological polar surface area (TPSA) is 40.9 Å². The molecule has 0 fully saturated rings. The standard InChI is InChI=1S/C16H10Cl3NO/c17-12-6-4-10(5-7-12)15(21)8-11(9-20)13-2-1-3-14(18)16(13)19/h1-7,11H,8H2/t11-/m0/s1. The Bertz CT molecular complexity index is 704. The Balaban J connectivity index is 2.23. The highest BCUT2D eigenvalue weighted by Crippen LogP contribution is 2.33. The van der Waals surface area contributed by atoms with Gasteiger partial charge < -0.3 is 0 Å². The van der Waals surface area contributed by atoms with Crippen LogP contribution in [0.3, 0.4) is 0 Å². The van der Waals surface area contributed by atoms with Crippen molar-refractivity contribution >= 4 is 40.6 Å². The molecule has 0 radical (unpaired) electrons. The van der Waals surface area contributed by atoms with Crippen LogP contribution in [0.2, 0.25) is 15.1 Å². The molecule has 0 saturated carbocycles. The summed E-state index contributed by atoms with van der Waals surface area (Å²) < 4.78 is 0. The normalized spacial score (nSPS) is 11.7. The summed E-state index contributed by atoms with van der Waals surface area (Å²) in [7, 11) is 0. The molecule has 0 unspecified atom stereocenters. The fourth-order valence-corrected chi connectivity index (χ4v) is 2.52. The summed E-state index contributed by atoms with van der Waals surface area (Å²) in [6.45, 7) is 0. The molecule has 0 saturated heterocycles. The molecule has 0 aliphatic heterocycles. The highest BCUT2D eigenvalue weighted by atomic mass is 35.5. The van der Waals surface area contributed by atoms with Crippen molar-refractivity contribution in [2.45, 2.75) is 12.3 Å².